The number of nitrogens with zero attached hydrogens (tertiary/aromatic N) is 2. The van der Waals surface area contributed by atoms with E-state index in [1.54, 1.807) is 28.9 Å². The number of rotatable bonds is 5. The molecule has 1 saturated heterocycles. The van der Waals surface area contributed by atoms with Gasteiger partial charge in [-0.25, -0.2) is 0 Å². The maximum Gasteiger partial charge on any atom is 0.304 e. The highest BCUT2D eigenvalue weighted by molar-refractivity contribution is 5.98. The molecule has 2 amide bonds. The highest BCUT2D eigenvalue weighted by Gasteiger charge is 2.47. The van der Waals surface area contributed by atoms with Crippen LogP contribution in [0.5, 0.6) is 0 Å². The van der Waals surface area contributed by atoms with E-state index in [1.165, 1.54) is 0 Å². The predicted octanol–water partition coefficient (Wildman–Crippen LogP) is 2.77. The summed E-state index contributed by atoms with van der Waals surface area (Å²) in [5.41, 5.74) is 6.40. The Labute approximate surface area is 181 Å². The molecule has 1 heterocycles. The van der Waals surface area contributed by atoms with Gasteiger partial charge in [0.2, 0.25) is 12.3 Å². The first kappa shape index (κ1) is 20.3. The van der Waals surface area contributed by atoms with Crippen molar-refractivity contribution < 1.29 is 14.3 Å². The fourth-order valence-corrected chi connectivity index (χ4v) is 3.66. The van der Waals surface area contributed by atoms with Gasteiger partial charge in [-0.05, 0) is 36.4 Å². The highest BCUT2D eigenvalue weighted by atomic mass is 16.2. The lowest BCUT2D eigenvalue weighted by molar-refractivity contribution is -0.596. The van der Waals surface area contributed by atoms with Gasteiger partial charge in [-0.1, -0.05) is 48.5 Å². The van der Waals surface area contributed by atoms with Gasteiger partial charge < -0.3 is 10.2 Å². The van der Waals surface area contributed by atoms with Crippen LogP contribution in [-0.2, 0) is 4.79 Å². The second-order valence-corrected chi connectivity index (χ2v) is 7.67. The van der Waals surface area contributed by atoms with Crippen molar-refractivity contribution in [2.24, 2.45) is 0 Å². The van der Waals surface area contributed by atoms with Crippen LogP contribution in [0.25, 0.3) is 0 Å². The molecule has 0 aromatic heterocycles. The van der Waals surface area contributed by atoms with Gasteiger partial charge in [0.15, 0.2) is 6.04 Å². The van der Waals surface area contributed by atoms with Crippen molar-refractivity contribution >= 4 is 23.7 Å². The summed E-state index contributed by atoms with van der Waals surface area (Å²) in [6.45, 7) is 0. The van der Waals surface area contributed by atoms with E-state index >= 15 is 0 Å². The molecule has 1 fully saturated rings. The largest absolute Gasteiger partial charge is 0.378 e. The molecule has 6 heteroatoms. The Morgan fingerprint density at radius 3 is 2.16 bits per heavy atom. The first-order chi connectivity index (χ1) is 15.0. The number of hydrazone groups is 1. The highest BCUT2D eigenvalue weighted by Crippen LogP contribution is 2.25. The molecular formula is C25H25N4O2+. The van der Waals surface area contributed by atoms with Gasteiger partial charge in [-0.15, -0.1) is 10.1 Å². The minimum absolute atomic E-state index is 0.251. The number of carbonyl (C=O) groups excluding carboxylic acids is 2. The summed E-state index contributed by atoms with van der Waals surface area (Å²) in [6, 6.07) is 25.6. The van der Waals surface area contributed by atoms with E-state index in [2.05, 4.69) is 10.7 Å². The van der Waals surface area contributed by atoms with Crippen LogP contribution in [0.2, 0.25) is 0 Å². The Morgan fingerprint density at radius 2 is 1.55 bits per heavy atom. The molecule has 0 bridgehead atoms. The third-order valence-electron chi connectivity index (χ3n) is 5.30. The van der Waals surface area contributed by atoms with Crippen molar-refractivity contribution in [2.45, 2.75) is 12.1 Å². The Bertz CT molecular complexity index is 1090. The van der Waals surface area contributed by atoms with E-state index in [0.717, 1.165) is 16.8 Å². The fourth-order valence-electron chi connectivity index (χ4n) is 3.66. The van der Waals surface area contributed by atoms with Crippen molar-refractivity contribution in [3.8, 4) is 0 Å². The van der Waals surface area contributed by atoms with Crippen molar-refractivity contribution in [1.29, 1.82) is 0 Å². The zero-order chi connectivity index (χ0) is 21.8. The van der Waals surface area contributed by atoms with Gasteiger partial charge in [0.05, 0.1) is 0 Å². The van der Waals surface area contributed by atoms with Crippen LogP contribution >= 0.6 is 0 Å². The lowest BCUT2D eigenvalue weighted by Crippen LogP contribution is -2.42. The van der Waals surface area contributed by atoms with Gasteiger partial charge in [-0.3, -0.25) is 9.59 Å². The number of hydrogen-bond donors (Lipinski definition) is 2. The van der Waals surface area contributed by atoms with Crippen LogP contribution in [0.4, 0.5) is 5.69 Å². The van der Waals surface area contributed by atoms with E-state index in [0.29, 0.717) is 5.56 Å². The number of amides is 2. The third kappa shape index (κ3) is 4.48. The van der Waals surface area contributed by atoms with Crippen molar-refractivity contribution in [3.05, 3.63) is 102 Å². The second kappa shape index (κ2) is 8.83. The summed E-state index contributed by atoms with van der Waals surface area (Å²) in [5, 5.41) is 2.91. The van der Waals surface area contributed by atoms with E-state index in [4.69, 9.17) is 0 Å². The van der Waals surface area contributed by atoms with Gasteiger partial charge in [0.1, 0.15) is 0 Å². The van der Waals surface area contributed by atoms with Crippen molar-refractivity contribution in [2.75, 3.05) is 19.0 Å². The van der Waals surface area contributed by atoms with Crippen LogP contribution in [0, 0.1) is 0 Å². The summed E-state index contributed by atoms with van der Waals surface area (Å²) >= 11 is 0. The van der Waals surface area contributed by atoms with Crippen LogP contribution in [-0.4, -0.2) is 42.9 Å². The molecule has 0 aliphatic carbocycles. The topological polar surface area (TPSA) is 64.5 Å². The van der Waals surface area contributed by atoms with Crippen LogP contribution in [0.15, 0.2) is 84.9 Å². The van der Waals surface area contributed by atoms with E-state index in [9.17, 15) is 9.59 Å². The van der Waals surface area contributed by atoms with Gasteiger partial charge in [0.25, 0.3) is 5.91 Å². The average Bonchev–Trinajstić information content (AvgIpc) is 3.09. The normalized spacial score (nSPS) is 19.2. The number of nitrogens with one attached hydrogen (secondary N) is 2. The lowest BCUT2D eigenvalue weighted by Gasteiger charge is -2.15. The molecule has 0 radical (unpaired) electrons. The summed E-state index contributed by atoms with van der Waals surface area (Å²) in [4.78, 5) is 27.7. The molecule has 31 heavy (non-hydrogen) atoms. The van der Waals surface area contributed by atoms with Gasteiger partial charge in [0, 0.05) is 36.5 Å². The average molecular weight is 414 g/mol. The molecule has 2 N–H and O–H groups in total. The van der Waals surface area contributed by atoms with Crippen LogP contribution in [0.3, 0.4) is 0 Å². The summed E-state index contributed by atoms with van der Waals surface area (Å²) < 4.78 is 1.78. The molecule has 0 saturated carbocycles. The Balaban J connectivity index is 1.67. The Morgan fingerprint density at radius 1 is 0.935 bits per heavy atom. The predicted molar refractivity (Wildman–Crippen MR) is 121 cm³/mol. The molecule has 0 unspecified atom stereocenters. The minimum atomic E-state index is -0.729. The summed E-state index contributed by atoms with van der Waals surface area (Å²) in [7, 11) is 3.98. The lowest BCUT2D eigenvalue weighted by atomic mass is 10.00. The zero-order valence-corrected chi connectivity index (χ0v) is 17.5. The first-order valence-electron chi connectivity index (χ1n) is 10.1. The molecule has 3 aromatic carbocycles. The minimum Gasteiger partial charge on any atom is -0.378 e. The first-order valence-corrected chi connectivity index (χ1v) is 10.1. The molecule has 1 aliphatic heterocycles. The smallest absolute Gasteiger partial charge is 0.304 e. The van der Waals surface area contributed by atoms with Crippen molar-refractivity contribution in [1.82, 2.24) is 10.7 Å². The molecule has 1 aliphatic rings. The number of carbonyl (C=O) groups is 2. The number of hydrogen-bond acceptors (Lipinski definition) is 3. The third-order valence-corrected chi connectivity index (χ3v) is 5.30. The maximum absolute atomic E-state index is 12.9. The van der Waals surface area contributed by atoms with Crippen LogP contribution in [0.1, 0.15) is 27.5 Å². The molecule has 6 nitrogen and oxygen atoms in total. The van der Waals surface area contributed by atoms with Crippen LogP contribution < -0.4 is 15.6 Å². The molecular weight excluding hydrogens is 388 g/mol. The molecule has 4 rings (SSSR count). The zero-order valence-electron chi connectivity index (χ0n) is 17.5. The molecule has 3 aromatic rings. The van der Waals surface area contributed by atoms with E-state index in [-0.39, 0.29) is 17.9 Å². The number of anilines is 1. The second-order valence-electron chi connectivity index (χ2n) is 7.67. The fraction of sp³-hybridized carbons (Fsp3) is 0.160. The number of benzene rings is 3. The summed E-state index contributed by atoms with van der Waals surface area (Å²) in [5.74, 6) is -0.529. The maximum atomic E-state index is 12.9. The standard InChI is InChI=1S/C25H24N4O2/c1-28(2)21-15-13-18(14-16-21)17-29-23(19-9-5-3-6-10-19)22(25(31)27-29)26-24(30)20-11-7-4-8-12-20/h3-17,22-23H,1-2H3,(H-,26,27,30,31)/p+1/t22-,23-/m0/s1. The SMILES string of the molecule is CN(C)c1ccc(/C=[N+]2\NC(=O)[C@@H](NC(=O)c3ccccc3)[C@@H]2c2ccccc2)cc1. The summed E-state index contributed by atoms with van der Waals surface area (Å²) in [6.07, 6.45) is 1.89. The quantitative estimate of drug-likeness (QED) is 0.633. The van der Waals surface area contributed by atoms with Gasteiger partial charge in [-0.2, -0.15) is 0 Å². The molecule has 0 spiro atoms. The number of hydrazine groups is 1. The molecule has 156 valence electrons. The van der Waals surface area contributed by atoms with E-state index in [1.807, 2.05) is 85.9 Å². The van der Waals surface area contributed by atoms with E-state index < -0.39 is 6.04 Å². The monoisotopic (exact) mass is 413 g/mol. The van der Waals surface area contributed by atoms with Gasteiger partial charge >= 0.3 is 5.91 Å². The van der Waals surface area contributed by atoms with Crippen molar-refractivity contribution in [3.63, 3.8) is 0 Å². The molecule has 2 atom stereocenters. The Hall–Kier alpha value is -3.93. The Kier molecular flexibility index (Phi) is 5.80.